The third-order valence-corrected chi connectivity index (χ3v) is 10.5. The highest BCUT2D eigenvalue weighted by atomic mass is 32.2. The molecule has 0 aromatic rings. The highest BCUT2D eigenvalue weighted by molar-refractivity contribution is 8.02. The minimum absolute atomic E-state index is 0.00936. The zero-order chi connectivity index (χ0) is 29.0. The molecule has 1 N–H and O–H groups in total. The maximum absolute atomic E-state index is 14.8. The number of aliphatic hydroxyl groups is 1. The average Bonchev–Trinajstić information content (AvgIpc) is 3.15. The summed E-state index contributed by atoms with van der Waals surface area (Å²) in [6.07, 6.45) is 11.1. The summed E-state index contributed by atoms with van der Waals surface area (Å²) >= 11 is 1.57. The Balaban J connectivity index is 1.89. The second kappa shape index (κ2) is 10.6. The number of rotatable bonds is 6. The Morgan fingerprint density at radius 1 is 1.08 bits per heavy atom. The predicted molar refractivity (Wildman–Crippen MR) is 155 cm³/mol. The highest BCUT2D eigenvalue weighted by Gasteiger charge is 2.74. The second-order valence-electron chi connectivity index (χ2n) is 14.3. The fourth-order valence-corrected chi connectivity index (χ4v) is 9.86. The molecule has 2 amide bonds. The fourth-order valence-electron chi connectivity index (χ4n) is 7.73. The molecule has 4 aliphatic heterocycles. The topological polar surface area (TPSA) is 87.2 Å². The monoisotopic (exact) mass is 560 g/mol. The summed E-state index contributed by atoms with van der Waals surface area (Å²) in [5.41, 5.74) is -0.471. The minimum atomic E-state index is -0.937. The van der Waals surface area contributed by atoms with Crippen LogP contribution in [0.15, 0.2) is 24.3 Å². The summed E-state index contributed by atoms with van der Waals surface area (Å²) in [7, 11) is 0. The van der Waals surface area contributed by atoms with E-state index in [4.69, 9.17) is 4.74 Å². The lowest BCUT2D eigenvalue weighted by molar-refractivity contribution is -0.155. The zero-order valence-electron chi connectivity index (χ0n) is 25.0. The Hall–Kier alpha value is -1.80. The maximum Gasteiger partial charge on any atom is 0.311 e. The first-order chi connectivity index (χ1) is 18.1. The van der Waals surface area contributed by atoms with Gasteiger partial charge in [-0.15, -0.1) is 11.8 Å². The van der Waals surface area contributed by atoms with Crippen molar-refractivity contribution < 1.29 is 24.2 Å². The number of carbonyl (C=O) groups is 3. The molecule has 8 heteroatoms. The maximum atomic E-state index is 14.8. The number of hydrogen-bond donors (Lipinski definition) is 1. The number of ether oxygens (including phenoxy) is 1. The standard InChI is InChI=1S/C31H48N2O5S/c1-20(2)17-21(18-34)33-24-26(36)32(29(6,7)19-28(3,4)5)15-12-14-31(24)22(25(33)35)23-27(37)38-16-11-9-10-13-30(23,8)39-31/h10,12-14,20-24,34H,9,11,15-19H2,1-8H3/b13-10-/t21-,22+,23-,24?,30+,31+/m1/s1. The Morgan fingerprint density at radius 2 is 1.77 bits per heavy atom. The molecule has 1 spiro atoms. The van der Waals surface area contributed by atoms with Gasteiger partial charge in [0.2, 0.25) is 11.8 Å². The van der Waals surface area contributed by atoms with Gasteiger partial charge in [-0.1, -0.05) is 58.9 Å². The summed E-state index contributed by atoms with van der Waals surface area (Å²) in [6, 6.07) is -1.33. The molecule has 4 rings (SSSR count). The van der Waals surface area contributed by atoms with Crippen LogP contribution >= 0.6 is 11.8 Å². The lowest BCUT2D eigenvalue weighted by Gasteiger charge is -2.46. The molecule has 0 bridgehead atoms. The lowest BCUT2D eigenvalue weighted by atomic mass is 9.74. The molecule has 39 heavy (non-hydrogen) atoms. The van der Waals surface area contributed by atoms with Gasteiger partial charge in [0.05, 0.1) is 35.8 Å². The highest BCUT2D eigenvalue weighted by Crippen LogP contribution is 2.65. The lowest BCUT2D eigenvalue weighted by Crippen LogP contribution is -2.60. The van der Waals surface area contributed by atoms with Crippen LogP contribution in [0.1, 0.15) is 81.1 Å². The Kier molecular flexibility index (Phi) is 8.16. The quantitative estimate of drug-likeness (QED) is 0.378. The van der Waals surface area contributed by atoms with Crippen LogP contribution in [0, 0.1) is 23.2 Å². The van der Waals surface area contributed by atoms with E-state index in [0.29, 0.717) is 19.6 Å². The molecule has 6 atom stereocenters. The summed E-state index contributed by atoms with van der Waals surface area (Å²) in [6.45, 7) is 17.3. The number of aliphatic hydroxyl groups excluding tert-OH is 1. The number of carbonyl (C=O) groups excluding carboxylic acids is 3. The first kappa shape index (κ1) is 30.2. The van der Waals surface area contributed by atoms with Gasteiger partial charge in [0.1, 0.15) is 6.04 Å². The van der Waals surface area contributed by atoms with Crippen LogP contribution < -0.4 is 0 Å². The molecule has 0 saturated carbocycles. The van der Waals surface area contributed by atoms with Gasteiger partial charge in [-0.2, -0.15) is 0 Å². The van der Waals surface area contributed by atoms with Crippen LogP contribution in [0.2, 0.25) is 0 Å². The molecule has 0 radical (unpaired) electrons. The predicted octanol–water partition coefficient (Wildman–Crippen LogP) is 4.59. The van der Waals surface area contributed by atoms with Crippen molar-refractivity contribution in [2.75, 3.05) is 19.8 Å². The van der Waals surface area contributed by atoms with Gasteiger partial charge in [0.25, 0.3) is 0 Å². The van der Waals surface area contributed by atoms with Crippen molar-refractivity contribution in [2.24, 2.45) is 23.2 Å². The van der Waals surface area contributed by atoms with Crippen molar-refractivity contribution in [1.29, 1.82) is 0 Å². The number of nitrogens with zero attached hydrogens (tertiary/aromatic N) is 2. The van der Waals surface area contributed by atoms with Crippen LogP contribution in [0.5, 0.6) is 0 Å². The van der Waals surface area contributed by atoms with Crippen molar-refractivity contribution >= 4 is 29.5 Å². The van der Waals surface area contributed by atoms with Crippen LogP contribution in [0.3, 0.4) is 0 Å². The van der Waals surface area contributed by atoms with E-state index in [1.165, 1.54) is 0 Å². The Morgan fingerprint density at radius 3 is 2.38 bits per heavy atom. The Bertz CT molecular complexity index is 1050. The number of thioether (sulfide) groups is 1. The van der Waals surface area contributed by atoms with Crippen molar-refractivity contribution in [3.8, 4) is 0 Å². The molecule has 0 aromatic heterocycles. The zero-order valence-corrected chi connectivity index (χ0v) is 25.8. The van der Waals surface area contributed by atoms with E-state index in [9.17, 15) is 19.5 Å². The van der Waals surface area contributed by atoms with E-state index < -0.39 is 39.0 Å². The van der Waals surface area contributed by atoms with E-state index in [0.717, 1.165) is 19.3 Å². The van der Waals surface area contributed by atoms with E-state index >= 15 is 0 Å². The summed E-state index contributed by atoms with van der Waals surface area (Å²) in [5, 5.41) is 10.5. The van der Waals surface area contributed by atoms with Crippen LogP contribution in [-0.4, -0.2) is 79.6 Å². The first-order valence-corrected chi connectivity index (χ1v) is 15.4. The summed E-state index contributed by atoms with van der Waals surface area (Å²) in [4.78, 5) is 46.6. The summed E-state index contributed by atoms with van der Waals surface area (Å²) in [5.74, 6) is -1.95. The normalized spacial score (nSPS) is 35.0. The van der Waals surface area contributed by atoms with Gasteiger partial charge >= 0.3 is 5.97 Å². The molecular formula is C31H48N2O5S. The first-order valence-electron chi connectivity index (χ1n) is 14.5. The molecule has 4 aliphatic rings. The number of likely N-dealkylation sites (tertiary alicyclic amines) is 1. The smallest absolute Gasteiger partial charge is 0.311 e. The number of allylic oxidation sites excluding steroid dienone is 1. The molecular weight excluding hydrogens is 512 g/mol. The summed E-state index contributed by atoms with van der Waals surface area (Å²) < 4.78 is 4.09. The fraction of sp³-hybridized carbons (Fsp3) is 0.774. The van der Waals surface area contributed by atoms with Gasteiger partial charge in [0.15, 0.2) is 0 Å². The van der Waals surface area contributed by atoms with E-state index in [1.54, 1.807) is 16.7 Å². The molecule has 2 fully saturated rings. The molecule has 7 nitrogen and oxygen atoms in total. The van der Waals surface area contributed by atoms with E-state index in [1.807, 2.05) is 24.0 Å². The van der Waals surface area contributed by atoms with E-state index in [-0.39, 0.29) is 35.7 Å². The van der Waals surface area contributed by atoms with E-state index in [2.05, 4.69) is 60.6 Å². The molecule has 2 saturated heterocycles. The van der Waals surface area contributed by atoms with Crippen LogP contribution in [0.25, 0.3) is 0 Å². The second-order valence-corrected chi connectivity index (χ2v) is 16.1. The van der Waals surface area contributed by atoms with Crippen molar-refractivity contribution in [3.05, 3.63) is 24.3 Å². The third-order valence-electron chi connectivity index (χ3n) is 8.73. The average molecular weight is 561 g/mol. The molecule has 0 aromatic carbocycles. The minimum Gasteiger partial charge on any atom is -0.465 e. The molecule has 4 heterocycles. The SMILES string of the molecule is CC(C)C[C@H](CO)N1C(=O)[C@@H]2[C@@H]3C(=O)OCCC/C=C\[C@]3(C)S[C@@]23C=CCN(C(C)(C)CC(C)(C)C)C(=O)C13. The Labute approximate surface area is 238 Å². The van der Waals surface area contributed by atoms with Gasteiger partial charge in [-0.25, -0.2) is 0 Å². The molecule has 218 valence electrons. The number of esters is 1. The molecule has 0 aliphatic carbocycles. The van der Waals surface area contributed by atoms with Crippen molar-refractivity contribution in [1.82, 2.24) is 9.80 Å². The number of hydrogen-bond acceptors (Lipinski definition) is 6. The largest absolute Gasteiger partial charge is 0.465 e. The molecule has 1 unspecified atom stereocenters. The van der Waals surface area contributed by atoms with Crippen molar-refractivity contribution in [3.63, 3.8) is 0 Å². The number of amides is 2. The van der Waals surface area contributed by atoms with Gasteiger partial charge in [-0.05, 0) is 57.8 Å². The number of fused-ring (bicyclic) bond motifs is 2. The van der Waals surface area contributed by atoms with Crippen LogP contribution in [0.4, 0.5) is 0 Å². The van der Waals surface area contributed by atoms with Gasteiger partial charge in [0, 0.05) is 16.8 Å². The van der Waals surface area contributed by atoms with Gasteiger partial charge in [-0.3, -0.25) is 14.4 Å². The van der Waals surface area contributed by atoms with Crippen molar-refractivity contribution in [2.45, 2.75) is 108 Å². The third kappa shape index (κ3) is 5.32. The number of cyclic esters (lactones) is 1. The van der Waals surface area contributed by atoms with Crippen LogP contribution in [-0.2, 0) is 19.1 Å². The van der Waals surface area contributed by atoms with Gasteiger partial charge < -0.3 is 19.6 Å².